The van der Waals surface area contributed by atoms with Crippen molar-refractivity contribution < 1.29 is 28.8 Å². The Morgan fingerprint density at radius 1 is 1.29 bits per heavy atom. The molecule has 0 aromatic carbocycles. The molecule has 202 valence electrons. The fourth-order valence-electron chi connectivity index (χ4n) is 4.05. The van der Waals surface area contributed by atoms with Crippen LogP contribution in [0.2, 0.25) is 0 Å². The monoisotopic (exact) mass is 579 g/mol. The Hall–Kier alpha value is -3.47. The third kappa shape index (κ3) is 5.82. The average molecular weight is 580 g/mol. The molecular weight excluding hydrogens is 552 g/mol. The SMILES string of the molecule is CON=C(C(=O)N[C@@H]1C(=O)N2C(C(=O)O)=C(C=CC[N+](C)(C)Cc3csc(N)n3)CS[C@@H]12)c1csc(N)n1. The fourth-order valence-corrected chi connectivity index (χ4v) is 6.47. The lowest BCUT2D eigenvalue weighted by Crippen LogP contribution is -2.71. The van der Waals surface area contributed by atoms with E-state index in [-0.39, 0.29) is 22.2 Å². The number of allylic oxidation sites excluding steroid dienone is 1. The van der Waals surface area contributed by atoms with Gasteiger partial charge in [-0.1, -0.05) is 11.2 Å². The van der Waals surface area contributed by atoms with E-state index in [4.69, 9.17) is 16.3 Å². The van der Waals surface area contributed by atoms with Gasteiger partial charge in [0.05, 0.1) is 20.6 Å². The lowest BCUT2D eigenvalue weighted by Gasteiger charge is -2.49. The number of fused-ring (bicyclic) bond motifs is 1. The predicted molar refractivity (Wildman–Crippen MR) is 146 cm³/mol. The van der Waals surface area contributed by atoms with Crippen LogP contribution in [0.3, 0.4) is 0 Å². The van der Waals surface area contributed by atoms with E-state index in [1.165, 1.54) is 35.1 Å². The molecule has 4 rings (SSSR count). The zero-order valence-electron chi connectivity index (χ0n) is 20.8. The van der Waals surface area contributed by atoms with Crippen molar-refractivity contribution in [2.24, 2.45) is 5.16 Å². The van der Waals surface area contributed by atoms with Crippen molar-refractivity contribution in [3.05, 3.63) is 45.6 Å². The molecule has 4 heterocycles. The van der Waals surface area contributed by atoms with Gasteiger partial charge in [-0.05, 0) is 11.6 Å². The molecule has 2 amide bonds. The summed E-state index contributed by atoms with van der Waals surface area (Å²) in [5, 5.41) is 19.9. The molecule has 1 fully saturated rings. The summed E-state index contributed by atoms with van der Waals surface area (Å²) in [7, 11) is 5.35. The van der Waals surface area contributed by atoms with Crippen LogP contribution in [0.5, 0.6) is 0 Å². The number of carbonyl (C=O) groups excluding carboxylic acids is 2. The lowest BCUT2D eigenvalue weighted by molar-refractivity contribution is -0.898. The number of carbonyl (C=O) groups is 3. The standard InChI is InChI=1S/C22H26N8O5S3/c1-30(2,7-12-9-37-21(23)25-12)6-4-5-11-8-36-19-15(18(32)29(19)16(11)20(33)34)27-17(31)14(28-35-3)13-10-38-22(24)26-13/h4-5,9-10,15,19H,6-8H2,1-3H3,(H5-,23,24,25,26,27,31,33,34)/p+1/t15-,19+/m1/s1. The molecule has 0 saturated carbocycles. The summed E-state index contributed by atoms with van der Waals surface area (Å²) in [5.41, 5.74) is 12.8. The van der Waals surface area contributed by atoms with E-state index in [2.05, 4.69) is 20.4 Å². The fraction of sp³-hybridized carbons (Fsp3) is 0.364. The predicted octanol–water partition coefficient (Wildman–Crippen LogP) is 0.686. The third-order valence-corrected chi connectivity index (χ3v) is 8.43. The van der Waals surface area contributed by atoms with Crippen LogP contribution in [-0.4, -0.2) is 92.9 Å². The number of nitrogens with one attached hydrogen (secondary N) is 1. The first-order valence-electron chi connectivity index (χ1n) is 11.2. The van der Waals surface area contributed by atoms with Gasteiger partial charge in [-0.25, -0.2) is 14.8 Å². The molecule has 2 aromatic heterocycles. The van der Waals surface area contributed by atoms with Crippen molar-refractivity contribution >= 4 is 68.2 Å². The normalized spacial score (nSPS) is 19.9. The summed E-state index contributed by atoms with van der Waals surface area (Å²) in [4.78, 5) is 52.4. The van der Waals surface area contributed by atoms with Crippen LogP contribution in [0, 0.1) is 0 Å². The van der Waals surface area contributed by atoms with Gasteiger partial charge >= 0.3 is 5.97 Å². The van der Waals surface area contributed by atoms with Crippen LogP contribution < -0.4 is 16.8 Å². The molecule has 16 heteroatoms. The van der Waals surface area contributed by atoms with Crippen LogP contribution in [0.1, 0.15) is 11.4 Å². The van der Waals surface area contributed by atoms with Crippen LogP contribution in [0.25, 0.3) is 0 Å². The molecule has 6 N–H and O–H groups in total. The highest BCUT2D eigenvalue weighted by atomic mass is 32.2. The van der Waals surface area contributed by atoms with Gasteiger partial charge < -0.3 is 31.2 Å². The summed E-state index contributed by atoms with van der Waals surface area (Å²) >= 11 is 3.89. The second-order valence-electron chi connectivity index (χ2n) is 9.09. The first-order valence-corrected chi connectivity index (χ1v) is 14.0. The smallest absolute Gasteiger partial charge is 0.352 e. The zero-order valence-corrected chi connectivity index (χ0v) is 23.2. The lowest BCUT2D eigenvalue weighted by atomic mass is 10.0. The molecule has 2 aromatic rings. The number of hydrogen-bond donors (Lipinski definition) is 4. The molecule has 0 aliphatic carbocycles. The highest BCUT2D eigenvalue weighted by Crippen LogP contribution is 2.40. The summed E-state index contributed by atoms with van der Waals surface area (Å²) in [6.07, 6.45) is 3.64. The number of aliphatic carboxylic acids is 1. The minimum atomic E-state index is -1.21. The zero-order chi connectivity index (χ0) is 27.6. The molecule has 2 aliphatic rings. The Labute approximate surface area is 230 Å². The van der Waals surface area contributed by atoms with Crippen molar-refractivity contribution in [2.45, 2.75) is 18.0 Å². The number of quaternary nitrogens is 1. The Morgan fingerprint density at radius 2 is 2.00 bits per heavy atom. The molecule has 38 heavy (non-hydrogen) atoms. The van der Waals surface area contributed by atoms with Gasteiger partial charge in [-0.15, -0.1) is 34.4 Å². The van der Waals surface area contributed by atoms with Crippen LogP contribution in [0.4, 0.5) is 10.3 Å². The van der Waals surface area contributed by atoms with Gasteiger partial charge in [0.2, 0.25) is 0 Å². The van der Waals surface area contributed by atoms with E-state index >= 15 is 0 Å². The van der Waals surface area contributed by atoms with Crippen molar-refractivity contribution in [3.63, 3.8) is 0 Å². The van der Waals surface area contributed by atoms with Crippen molar-refractivity contribution in [2.75, 3.05) is 45.0 Å². The maximum absolute atomic E-state index is 13.0. The highest BCUT2D eigenvalue weighted by molar-refractivity contribution is 8.00. The number of nitrogen functional groups attached to an aromatic ring is 2. The number of carboxylic acids is 1. The number of aromatic nitrogens is 2. The number of nitrogens with two attached hydrogens (primary N) is 2. The van der Waals surface area contributed by atoms with Gasteiger partial charge in [-0.2, -0.15) is 0 Å². The molecule has 0 radical (unpaired) electrons. The summed E-state index contributed by atoms with van der Waals surface area (Å²) in [6, 6.07) is -0.924. The van der Waals surface area contributed by atoms with Crippen LogP contribution in [-0.2, 0) is 25.8 Å². The number of amides is 2. The summed E-state index contributed by atoms with van der Waals surface area (Å²) in [6.45, 7) is 1.27. The number of rotatable bonds is 10. The number of anilines is 2. The number of thioether (sulfide) groups is 1. The van der Waals surface area contributed by atoms with Crippen molar-refractivity contribution in [1.82, 2.24) is 20.2 Å². The number of thiazole rings is 2. The second kappa shape index (κ2) is 11.1. The summed E-state index contributed by atoms with van der Waals surface area (Å²) < 4.78 is 0.581. The summed E-state index contributed by atoms with van der Waals surface area (Å²) in [5.74, 6) is -2.05. The number of oxime groups is 1. The van der Waals surface area contributed by atoms with Crippen molar-refractivity contribution in [3.8, 4) is 0 Å². The van der Waals surface area contributed by atoms with E-state index in [1.807, 2.05) is 25.6 Å². The van der Waals surface area contributed by atoms with Crippen LogP contribution in [0.15, 0.2) is 39.3 Å². The van der Waals surface area contributed by atoms with Gasteiger partial charge in [0, 0.05) is 16.5 Å². The number of carboxylic acid groups (broad SMARTS) is 1. The molecule has 13 nitrogen and oxygen atoms in total. The topological polar surface area (TPSA) is 186 Å². The average Bonchev–Trinajstić information content (AvgIpc) is 3.46. The quantitative estimate of drug-likeness (QED) is 0.135. The van der Waals surface area contributed by atoms with E-state index < -0.39 is 29.2 Å². The van der Waals surface area contributed by atoms with Crippen LogP contribution >= 0.6 is 34.4 Å². The third-order valence-electron chi connectivity index (χ3n) is 5.73. The van der Waals surface area contributed by atoms with E-state index in [1.54, 1.807) is 11.5 Å². The Bertz CT molecular complexity index is 1350. The molecule has 0 unspecified atom stereocenters. The van der Waals surface area contributed by atoms with Gasteiger partial charge in [0.1, 0.15) is 42.2 Å². The molecular formula is C22H27N8O5S3+. The number of likely N-dealkylation sites (N-methyl/N-ethyl adjacent to an activating group) is 1. The van der Waals surface area contributed by atoms with E-state index in [9.17, 15) is 19.5 Å². The molecule has 0 bridgehead atoms. The van der Waals surface area contributed by atoms with Gasteiger partial charge in [0.15, 0.2) is 16.0 Å². The minimum absolute atomic E-state index is 0.0869. The maximum Gasteiger partial charge on any atom is 0.352 e. The molecule has 2 aliphatic heterocycles. The molecule has 2 atom stereocenters. The number of β-lactam (4-membered cyclic amide) rings is 1. The number of nitrogens with zero attached hydrogens (tertiary/aromatic N) is 5. The minimum Gasteiger partial charge on any atom is -0.477 e. The Kier molecular flexibility index (Phi) is 8.05. The first-order chi connectivity index (χ1) is 18.0. The van der Waals surface area contributed by atoms with Gasteiger partial charge in [-0.3, -0.25) is 14.5 Å². The largest absolute Gasteiger partial charge is 0.477 e. The van der Waals surface area contributed by atoms with Crippen molar-refractivity contribution in [1.29, 1.82) is 0 Å². The van der Waals surface area contributed by atoms with Gasteiger partial charge in [0.25, 0.3) is 11.8 Å². The number of hydrogen-bond acceptors (Lipinski definition) is 12. The highest BCUT2D eigenvalue weighted by Gasteiger charge is 2.54. The second-order valence-corrected chi connectivity index (χ2v) is 12.0. The first kappa shape index (κ1) is 27.6. The van der Waals surface area contributed by atoms with E-state index in [0.717, 1.165) is 17.0 Å². The Morgan fingerprint density at radius 3 is 2.61 bits per heavy atom. The Balaban J connectivity index is 1.45. The van der Waals surface area contributed by atoms with E-state index in [0.29, 0.717) is 34.0 Å². The molecule has 0 spiro atoms. The maximum atomic E-state index is 13.0. The molecule has 1 saturated heterocycles.